The second kappa shape index (κ2) is 1.60. The molecule has 0 aromatic carbocycles. The molecule has 1 fully saturated rings. The Kier molecular flexibility index (Phi) is 0.974. The van der Waals surface area contributed by atoms with Crippen molar-refractivity contribution in [1.82, 2.24) is 0 Å². The summed E-state index contributed by atoms with van der Waals surface area (Å²) in [6.07, 6.45) is 5.49. The molecule has 0 unspecified atom stereocenters. The van der Waals surface area contributed by atoms with Crippen molar-refractivity contribution in [2.75, 3.05) is 0 Å². The largest absolute Gasteiger partial charge is 0.393 e. The van der Waals surface area contributed by atoms with Gasteiger partial charge in [-0.2, -0.15) is 0 Å². The molecule has 0 aliphatic heterocycles. The first-order valence-corrected chi connectivity index (χ1v) is 3.65. The number of fused-ring (bicyclic) bond motifs is 1. The van der Waals surface area contributed by atoms with Gasteiger partial charge in [-0.1, -0.05) is 19.1 Å². The highest BCUT2D eigenvalue weighted by atomic mass is 16.3. The summed E-state index contributed by atoms with van der Waals surface area (Å²) in [6.45, 7) is 2.18. The van der Waals surface area contributed by atoms with Crippen molar-refractivity contribution >= 4 is 0 Å². The highest BCUT2D eigenvalue weighted by Gasteiger charge is 2.43. The number of allylic oxidation sites excluding steroid dienone is 2. The predicted molar refractivity (Wildman–Crippen MR) is 35.9 cm³/mol. The van der Waals surface area contributed by atoms with Gasteiger partial charge in [0.1, 0.15) is 0 Å². The Bertz CT molecular complexity index is 143. The van der Waals surface area contributed by atoms with E-state index in [4.69, 9.17) is 0 Å². The third kappa shape index (κ3) is 0.584. The van der Waals surface area contributed by atoms with Crippen LogP contribution in [-0.2, 0) is 0 Å². The molecule has 50 valence electrons. The van der Waals surface area contributed by atoms with Crippen LogP contribution in [-0.4, -0.2) is 11.2 Å². The summed E-state index contributed by atoms with van der Waals surface area (Å²) >= 11 is 0. The summed E-state index contributed by atoms with van der Waals surface area (Å²) < 4.78 is 0. The van der Waals surface area contributed by atoms with Gasteiger partial charge >= 0.3 is 0 Å². The van der Waals surface area contributed by atoms with Gasteiger partial charge < -0.3 is 5.11 Å². The lowest BCUT2D eigenvalue weighted by atomic mass is 9.70. The van der Waals surface area contributed by atoms with Crippen molar-refractivity contribution in [2.45, 2.75) is 19.4 Å². The fourth-order valence-corrected chi connectivity index (χ4v) is 2.08. The Morgan fingerprint density at radius 3 is 2.67 bits per heavy atom. The number of aliphatic hydroxyl groups is 1. The van der Waals surface area contributed by atoms with E-state index in [1.165, 1.54) is 0 Å². The van der Waals surface area contributed by atoms with Gasteiger partial charge in [-0.15, -0.1) is 0 Å². The molecule has 1 saturated carbocycles. The van der Waals surface area contributed by atoms with Gasteiger partial charge in [-0.05, 0) is 24.2 Å². The topological polar surface area (TPSA) is 20.2 Å². The molecule has 2 aliphatic carbocycles. The van der Waals surface area contributed by atoms with E-state index in [2.05, 4.69) is 19.1 Å². The molecular weight excluding hydrogens is 112 g/mol. The minimum Gasteiger partial charge on any atom is -0.393 e. The minimum atomic E-state index is -0.000000000000000222. The lowest BCUT2D eigenvalue weighted by Crippen LogP contribution is -2.40. The second-order valence-electron chi connectivity index (χ2n) is 3.29. The van der Waals surface area contributed by atoms with Crippen LogP contribution in [0.3, 0.4) is 0 Å². The average molecular weight is 124 g/mol. The van der Waals surface area contributed by atoms with Gasteiger partial charge in [0.2, 0.25) is 0 Å². The van der Waals surface area contributed by atoms with Crippen molar-refractivity contribution in [3.63, 3.8) is 0 Å². The highest BCUT2D eigenvalue weighted by Crippen LogP contribution is 2.45. The molecule has 0 saturated heterocycles. The van der Waals surface area contributed by atoms with E-state index in [9.17, 15) is 5.11 Å². The summed E-state index contributed by atoms with van der Waals surface area (Å²) in [5, 5.41) is 9.25. The zero-order chi connectivity index (χ0) is 6.43. The molecule has 1 heteroatoms. The average Bonchev–Trinajstić information content (AvgIpc) is 2.04. The monoisotopic (exact) mass is 124 g/mol. The standard InChI is InChI=1S/C8H12O/c1-5-2-3-6-4-7(9)8(5)6/h2-3,5-9H,4H2,1H3/t5-,6+,7+,8+/m0/s1. The van der Waals surface area contributed by atoms with Gasteiger partial charge in [0, 0.05) is 0 Å². The Morgan fingerprint density at radius 2 is 2.22 bits per heavy atom. The molecule has 0 bridgehead atoms. The molecule has 9 heavy (non-hydrogen) atoms. The molecule has 1 N–H and O–H groups in total. The molecule has 2 rings (SSSR count). The van der Waals surface area contributed by atoms with E-state index in [0.29, 0.717) is 11.8 Å². The van der Waals surface area contributed by atoms with Crippen LogP contribution in [0.25, 0.3) is 0 Å². The molecule has 2 aliphatic rings. The van der Waals surface area contributed by atoms with E-state index in [0.717, 1.165) is 12.3 Å². The lowest BCUT2D eigenvalue weighted by molar-refractivity contribution is -0.0219. The Labute approximate surface area is 55.4 Å². The van der Waals surface area contributed by atoms with Crippen molar-refractivity contribution in [2.24, 2.45) is 17.8 Å². The van der Waals surface area contributed by atoms with Crippen molar-refractivity contribution in [3.05, 3.63) is 12.2 Å². The van der Waals surface area contributed by atoms with Crippen molar-refractivity contribution in [3.8, 4) is 0 Å². The van der Waals surface area contributed by atoms with Gasteiger partial charge in [0.25, 0.3) is 0 Å². The lowest BCUT2D eigenvalue weighted by Gasteiger charge is -2.38. The highest BCUT2D eigenvalue weighted by molar-refractivity contribution is 5.13. The zero-order valence-electron chi connectivity index (χ0n) is 5.62. The predicted octanol–water partition coefficient (Wildman–Crippen LogP) is 1.19. The first kappa shape index (κ1) is 5.48. The van der Waals surface area contributed by atoms with Crippen LogP contribution < -0.4 is 0 Å². The number of hydrogen-bond acceptors (Lipinski definition) is 1. The number of aliphatic hydroxyl groups excluding tert-OH is 1. The van der Waals surface area contributed by atoms with E-state index in [1.54, 1.807) is 0 Å². The second-order valence-corrected chi connectivity index (χ2v) is 3.29. The molecule has 0 heterocycles. The zero-order valence-corrected chi connectivity index (χ0v) is 5.62. The van der Waals surface area contributed by atoms with E-state index in [-0.39, 0.29) is 6.10 Å². The van der Waals surface area contributed by atoms with Crippen molar-refractivity contribution in [1.29, 1.82) is 0 Å². The van der Waals surface area contributed by atoms with Crippen LogP contribution in [0.4, 0.5) is 0 Å². The molecule has 0 aromatic heterocycles. The molecule has 0 spiro atoms. The first-order valence-electron chi connectivity index (χ1n) is 3.65. The van der Waals surface area contributed by atoms with Crippen LogP contribution in [0, 0.1) is 17.8 Å². The normalized spacial score (nSPS) is 54.9. The molecule has 0 radical (unpaired) electrons. The molecule has 4 atom stereocenters. The summed E-state index contributed by atoms with van der Waals surface area (Å²) in [6, 6.07) is 0. The minimum absolute atomic E-state index is 0.000000000000000222. The van der Waals surface area contributed by atoms with Gasteiger partial charge in [0.05, 0.1) is 6.10 Å². The fourth-order valence-electron chi connectivity index (χ4n) is 2.08. The van der Waals surface area contributed by atoms with Crippen LogP contribution in [0.2, 0.25) is 0 Å². The molecular formula is C8H12O. The fraction of sp³-hybridized carbons (Fsp3) is 0.750. The van der Waals surface area contributed by atoms with Crippen LogP contribution >= 0.6 is 0 Å². The molecule has 0 amide bonds. The van der Waals surface area contributed by atoms with E-state index >= 15 is 0 Å². The van der Waals surface area contributed by atoms with Crippen LogP contribution in [0.5, 0.6) is 0 Å². The summed E-state index contributed by atoms with van der Waals surface area (Å²) in [4.78, 5) is 0. The Morgan fingerprint density at radius 1 is 1.44 bits per heavy atom. The summed E-state index contributed by atoms with van der Waals surface area (Å²) in [7, 11) is 0. The number of rotatable bonds is 0. The van der Waals surface area contributed by atoms with Crippen LogP contribution in [0.1, 0.15) is 13.3 Å². The SMILES string of the molecule is C[C@H]1C=C[C@@H]2C[C@@H](O)[C@@H]21. The van der Waals surface area contributed by atoms with E-state index in [1.807, 2.05) is 0 Å². The smallest absolute Gasteiger partial charge is 0.0585 e. The Hall–Kier alpha value is -0.300. The third-order valence-electron chi connectivity index (χ3n) is 2.72. The summed E-state index contributed by atoms with van der Waals surface area (Å²) in [5.41, 5.74) is 0. The molecule has 0 aromatic rings. The first-order chi connectivity index (χ1) is 4.29. The maximum absolute atomic E-state index is 9.25. The Balaban J connectivity index is 2.12. The van der Waals surface area contributed by atoms with Crippen molar-refractivity contribution < 1.29 is 5.11 Å². The quantitative estimate of drug-likeness (QED) is 0.481. The van der Waals surface area contributed by atoms with Crippen LogP contribution in [0.15, 0.2) is 12.2 Å². The van der Waals surface area contributed by atoms with E-state index < -0.39 is 0 Å². The summed E-state index contributed by atoms with van der Waals surface area (Å²) in [5.74, 6) is 1.92. The maximum atomic E-state index is 9.25. The number of hydrogen-bond donors (Lipinski definition) is 1. The van der Waals surface area contributed by atoms with Gasteiger partial charge in [0.15, 0.2) is 0 Å². The maximum Gasteiger partial charge on any atom is 0.0585 e. The molecule has 1 nitrogen and oxygen atoms in total. The third-order valence-corrected chi connectivity index (χ3v) is 2.72. The van der Waals surface area contributed by atoms with Gasteiger partial charge in [-0.25, -0.2) is 0 Å². The van der Waals surface area contributed by atoms with Gasteiger partial charge in [-0.3, -0.25) is 0 Å².